The number of hydrogen-bond acceptors (Lipinski definition) is 3. The second-order valence-corrected chi connectivity index (χ2v) is 14.5. The molecule has 48 heavy (non-hydrogen) atoms. The Labute approximate surface area is 283 Å². The van der Waals surface area contributed by atoms with E-state index in [2.05, 4.69) is 159 Å². The zero-order chi connectivity index (χ0) is 32.0. The van der Waals surface area contributed by atoms with Crippen molar-refractivity contribution in [1.82, 2.24) is 9.97 Å². The standard InChI is InChI=1S/C45H30N2S/c1-45(2)37-9-5-3-7-33(37)34-21-17-32(26-38(34)45)40-23-19-30-16-15-29-18-22-39(46-43(29)44(30)47-40)28-13-11-27(12-14-28)31-20-24-42-36(25-31)35-8-4-6-10-41(35)48-42/h3-26H,1-2H3. The van der Waals surface area contributed by atoms with Crippen LogP contribution in [-0.4, -0.2) is 9.97 Å². The van der Waals surface area contributed by atoms with Gasteiger partial charge in [0, 0.05) is 47.5 Å². The fourth-order valence-corrected chi connectivity index (χ4v) is 8.78. The molecule has 9 aromatic rings. The van der Waals surface area contributed by atoms with Gasteiger partial charge < -0.3 is 0 Å². The van der Waals surface area contributed by atoms with Crippen molar-refractivity contribution in [3.63, 3.8) is 0 Å². The highest BCUT2D eigenvalue weighted by atomic mass is 32.1. The molecule has 226 valence electrons. The van der Waals surface area contributed by atoms with Gasteiger partial charge in [0.15, 0.2) is 0 Å². The maximum atomic E-state index is 5.26. The zero-order valence-electron chi connectivity index (χ0n) is 26.7. The van der Waals surface area contributed by atoms with Crippen molar-refractivity contribution in [2.75, 3.05) is 0 Å². The molecule has 0 N–H and O–H groups in total. The molecule has 0 bridgehead atoms. The van der Waals surface area contributed by atoms with Gasteiger partial charge in [-0.1, -0.05) is 123 Å². The van der Waals surface area contributed by atoms with E-state index in [-0.39, 0.29) is 5.41 Å². The summed E-state index contributed by atoms with van der Waals surface area (Å²) in [4.78, 5) is 10.5. The quantitative estimate of drug-likeness (QED) is 0.182. The monoisotopic (exact) mass is 630 g/mol. The van der Waals surface area contributed by atoms with Gasteiger partial charge in [-0.15, -0.1) is 11.3 Å². The van der Waals surface area contributed by atoms with E-state index in [4.69, 9.17) is 9.97 Å². The first kappa shape index (κ1) is 27.5. The normalized spacial score (nSPS) is 13.4. The van der Waals surface area contributed by atoms with E-state index in [0.717, 1.165) is 44.3 Å². The third-order valence-corrected chi connectivity index (χ3v) is 11.4. The number of nitrogens with zero attached hydrogens (tertiary/aromatic N) is 2. The molecule has 2 nitrogen and oxygen atoms in total. The van der Waals surface area contributed by atoms with Gasteiger partial charge in [-0.2, -0.15) is 0 Å². The molecule has 0 fully saturated rings. The van der Waals surface area contributed by atoms with Crippen LogP contribution in [0.3, 0.4) is 0 Å². The Kier molecular flexibility index (Phi) is 5.82. The second kappa shape index (κ2) is 10.2. The molecule has 10 rings (SSSR count). The Bertz CT molecular complexity index is 2750. The number of fused-ring (bicyclic) bond motifs is 9. The molecular weight excluding hydrogens is 601 g/mol. The van der Waals surface area contributed by atoms with Crippen LogP contribution in [0.1, 0.15) is 25.0 Å². The lowest BCUT2D eigenvalue weighted by Crippen LogP contribution is -2.14. The molecular formula is C45H30N2S. The molecule has 3 heterocycles. The molecule has 0 unspecified atom stereocenters. The van der Waals surface area contributed by atoms with E-state index in [1.807, 2.05) is 11.3 Å². The summed E-state index contributed by atoms with van der Waals surface area (Å²) < 4.78 is 2.66. The molecule has 3 aromatic heterocycles. The number of benzene rings is 6. The molecule has 6 aromatic carbocycles. The SMILES string of the molecule is CC1(C)c2ccccc2-c2ccc(-c3ccc4ccc5ccc(-c6ccc(-c7ccc8sc9ccccc9c8c7)cc6)nc5c4n3)cc21. The summed E-state index contributed by atoms with van der Waals surface area (Å²) in [6, 6.07) is 52.8. The zero-order valence-corrected chi connectivity index (χ0v) is 27.5. The second-order valence-electron chi connectivity index (χ2n) is 13.4. The number of pyridine rings is 2. The van der Waals surface area contributed by atoms with E-state index >= 15 is 0 Å². The topological polar surface area (TPSA) is 25.8 Å². The van der Waals surface area contributed by atoms with Crippen LogP contribution in [-0.2, 0) is 5.41 Å². The van der Waals surface area contributed by atoms with Crippen LogP contribution in [0.5, 0.6) is 0 Å². The van der Waals surface area contributed by atoms with Crippen molar-refractivity contribution in [1.29, 1.82) is 0 Å². The van der Waals surface area contributed by atoms with Gasteiger partial charge in [0.05, 0.1) is 22.4 Å². The van der Waals surface area contributed by atoms with Crippen LogP contribution in [0, 0.1) is 0 Å². The largest absolute Gasteiger partial charge is 0.245 e. The lowest BCUT2D eigenvalue weighted by atomic mass is 9.82. The Balaban J connectivity index is 1.03. The predicted molar refractivity (Wildman–Crippen MR) is 204 cm³/mol. The van der Waals surface area contributed by atoms with Crippen LogP contribution in [0.25, 0.3) is 86.7 Å². The highest BCUT2D eigenvalue weighted by Crippen LogP contribution is 2.49. The molecule has 0 saturated carbocycles. The van der Waals surface area contributed by atoms with Gasteiger partial charge in [0.1, 0.15) is 0 Å². The Morgan fingerprint density at radius 2 is 1.02 bits per heavy atom. The highest BCUT2D eigenvalue weighted by Gasteiger charge is 2.35. The van der Waals surface area contributed by atoms with Crippen molar-refractivity contribution >= 4 is 53.3 Å². The van der Waals surface area contributed by atoms with Gasteiger partial charge in [0.25, 0.3) is 0 Å². The fourth-order valence-electron chi connectivity index (χ4n) is 7.69. The summed E-state index contributed by atoms with van der Waals surface area (Å²) in [5.41, 5.74) is 13.8. The van der Waals surface area contributed by atoms with Crippen molar-refractivity contribution < 1.29 is 0 Å². The number of rotatable bonds is 3. The smallest absolute Gasteiger partial charge is 0.0972 e. The molecule has 0 radical (unpaired) electrons. The van der Waals surface area contributed by atoms with Gasteiger partial charge in [-0.05, 0) is 69.8 Å². The summed E-state index contributed by atoms with van der Waals surface area (Å²) in [6.45, 7) is 4.65. The van der Waals surface area contributed by atoms with Crippen molar-refractivity contribution in [2.24, 2.45) is 0 Å². The molecule has 1 aliphatic carbocycles. The lowest BCUT2D eigenvalue weighted by molar-refractivity contribution is 0.660. The van der Waals surface area contributed by atoms with E-state index in [1.165, 1.54) is 53.6 Å². The maximum Gasteiger partial charge on any atom is 0.0972 e. The Hall–Kier alpha value is -5.64. The minimum Gasteiger partial charge on any atom is -0.245 e. The van der Waals surface area contributed by atoms with Crippen LogP contribution < -0.4 is 0 Å². The Morgan fingerprint density at radius 1 is 0.438 bits per heavy atom. The highest BCUT2D eigenvalue weighted by molar-refractivity contribution is 7.25. The third kappa shape index (κ3) is 4.11. The van der Waals surface area contributed by atoms with Crippen LogP contribution in [0.4, 0.5) is 0 Å². The molecule has 0 amide bonds. The predicted octanol–water partition coefficient (Wildman–Crippen LogP) is 12.5. The minimum absolute atomic E-state index is 0.0531. The molecule has 0 aliphatic heterocycles. The van der Waals surface area contributed by atoms with E-state index in [1.54, 1.807) is 0 Å². The van der Waals surface area contributed by atoms with E-state index in [0.29, 0.717) is 0 Å². The first-order valence-corrected chi connectivity index (χ1v) is 17.3. The van der Waals surface area contributed by atoms with Gasteiger partial charge >= 0.3 is 0 Å². The maximum absolute atomic E-state index is 5.26. The summed E-state index contributed by atoms with van der Waals surface area (Å²) in [5.74, 6) is 0. The van der Waals surface area contributed by atoms with Crippen LogP contribution in [0.15, 0.2) is 146 Å². The summed E-state index contributed by atoms with van der Waals surface area (Å²) in [7, 11) is 0. The van der Waals surface area contributed by atoms with Crippen LogP contribution in [0.2, 0.25) is 0 Å². The molecule has 0 spiro atoms. The minimum atomic E-state index is -0.0531. The third-order valence-electron chi connectivity index (χ3n) is 10.3. The first-order chi connectivity index (χ1) is 23.5. The van der Waals surface area contributed by atoms with Crippen LogP contribution >= 0.6 is 11.3 Å². The number of aromatic nitrogens is 2. The summed E-state index contributed by atoms with van der Waals surface area (Å²) >= 11 is 1.86. The average molecular weight is 631 g/mol. The fraction of sp³-hybridized carbons (Fsp3) is 0.0667. The average Bonchev–Trinajstić information content (AvgIpc) is 3.62. The lowest BCUT2D eigenvalue weighted by Gasteiger charge is -2.21. The molecule has 1 aliphatic rings. The molecule has 0 saturated heterocycles. The Morgan fingerprint density at radius 3 is 1.81 bits per heavy atom. The molecule has 0 atom stereocenters. The van der Waals surface area contributed by atoms with E-state index < -0.39 is 0 Å². The van der Waals surface area contributed by atoms with Crippen molar-refractivity contribution in [3.8, 4) is 44.8 Å². The first-order valence-electron chi connectivity index (χ1n) is 16.5. The summed E-state index contributed by atoms with van der Waals surface area (Å²) in [6.07, 6.45) is 0. The van der Waals surface area contributed by atoms with E-state index in [9.17, 15) is 0 Å². The molecule has 3 heteroatoms. The summed E-state index contributed by atoms with van der Waals surface area (Å²) in [5, 5.41) is 4.83. The van der Waals surface area contributed by atoms with Gasteiger partial charge in [-0.3, -0.25) is 0 Å². The van der Waals surface area contributed by atoms with Crippen molar-refractivity contribution in [3.05, 3.63) is 157 Å². The van der Waals surface area contributed by atoms with Gasteiger partial charge in [0.2, 0.25) is 0 Å². The van der Waals surface area contributed by atoms with Gasteiger partial charge in [-0.25, -0.2) is 9.97 Å². The number of hydrogen-bond donors (Lipinski definition) is 0. The van der Waals surface area contributed by atoms with Crippen molar-refractivity contribution in [2.45, 2.75) is 19.3 Å². The number of thiophene rings is 1.